The maximum atomic E-state index is 5.60. The summed E-state index contributed by atoms with van der Waals surface area (Å²) < 4.78 is 13.1. The van der Waals surface area contributed by atoms with Gasteiger partial charge in [-0.25, -0.2) is 15.0 Å². The van der Waals surface area contributed by atoms with Crippen LogP contribution >= 0.6 is 24.0 Å². The maximum absolute atomic E-state index is 5.60. The number of pyridine rings is 3. The molecule has 0 spiro atoms. The lowest BCUT2D eigenvalue weighted by molar-refractivity contribution is 0.398. The van der Waals surface area contributed by atoms with E-state index < -0.39 is 0 Å². The molecular weight excluding hydrogens is 394 g/mol. The molecule has 0 aliphatic rings. The third-order valence-electron chi connectivity index (χ3n) is 3.92. The second-order valence-corrected chi connectivity index (χ2v) is 7.02. The molecule has 0 fully saturated rings. The van der Waals surface area contributed by atoms with Crippen LogP contribution in [0.1, 0.15) is 0 Å². The highest BCUT2D eigenvalue weighted by atomic mass is 32.2. The third-order valence-corrected chi connectivity index (χ3v) is 4.92. The van der Waals surface area contributed by atoms with E-state index in [9.17, 15) is 0 Å². The van der Waals surface area contributed by atoms with Gasteiger partial charge in [0.2, 0.25) is 10.3 Å². The number of rotatable bonds is 4. The van der Waals surface area contributed by atoms with Crippen molar-refractivity contribution in [2.75, 3.05) is 13.4 Å². The van der Waals surface area contributed by atoms with Gasteiger partial charge in [0, 0.05) is 18.3 Å². The molecule has 0 saturated heterocycles. The SMILES string of the molecule is COc1ccc(-n2c(-c3ccccn3)nc3cc(OC(=S)SC)cnc32)cn1. The minimum Gasteiger partial charge on any atom is -0.481 e. The maximum Gasteiger partial charge on any atom is 0.225 e. The molecule has 0 aromatic carbocycles. The van der Waals surface area contributed by atoms with Crippen molar-refractivity contribution in [3.8, 4) is 28.8 Å². The van der Waals surface area contributed by atoms with E-state index in [0.29, 0.717) is 33.0 Å². The molecule has 4 heterocycles. The van der Waals surface area contributed by atoms with E-state index in [0.717, 1.165) is 11.4 Å². The molecule has 7 nitrogen and oxygen atoms in total. The lowest BCUT2D eigenvalue weighted by Gasteiger charge is -2.09. The molecule has 0 amide bonds. The Balaban J connectivity index is 1.90. The lowest BCUT2D eigenvalue weighted by Crippen LogP contribution is -2.02. The van der Waals surface area contributed by atoms with Gasteiger partial charge in [0.15, 0.2) is 11.5 Å². The summed E-state index contributed by atoms with van der Waals surface area (Å²) in [6.07, 6.45) is 6.92. The predicted octanol–water partition coefficient (Wildman–Crippen LogP) is 3.91. The van der Waals surface area contributed by atoms with Crippen molar-refractivity contribution in [1.29, 1.82) is 0 Å². The summed E-state index contributed by atoms with van der Waals surface area (Å²) in [5.41, 5.74) is 2.84. The third kappa shape index (κ3) is 3.54. The first-order chi connectivity index (χ1) is 13.7. The average molecular weight is 409 g/mol. The number of thioether (sulfide) groups is 1. The first kappa shape index (κ1) is 18.3. The topological polar surface area (TPSA) is 75.0 Å². The zero-order chi connectivity index (χ0) is 19.5. The molecule has 0 N–H and O–H groups in total. The molecule has 4 rings (SSSR count). The standard InChI is InChI=1S/C19H15N5O2S2/c1-25-16-7-6-12(10-21-16)24-17-15(9-13(11-22-17)26-19(27)28-2)23-18(24)14-5-3-4-8-20-14/h3-11H,1-2H3. The van der Waals surface area contributed by atoms with Gasteiger partial charge in [-0.05, 0) is 36.7 Å². The molecule has 28 heavy (non-hydrogen) atoms. The Labute approximate surface area is 170 Å². The van der Waals surface area contributed by atoms with E-state index in [1.165, 1.54) is 11.8 Å². The summed E-state index contributed by atoms with van der Waals surface area (Å²) in [5, 5.41) is 0. The number of nitrogens with zero attached hydrogens (tertiary/aromatic N) is 5. The quantitative estimate of drug-likeness (QED) is 0.470. The van der Waals surface area contributed by atoms with Crippen molar-refractivity contribution in [2.24, 2.45) is 0 Å². The van der Waals surface area contributed by atoms with Gasteiger partial charge in [0.1, 0.15) is 17.0 Å². The first-order valence-corrected chi connectivity index (χ1v) is 9.89. The van der Waals surface area contributed by atoms with Gasteiger partial charge in [0.05, 0.1) is 25.2 Å². The summed E-state index contributed by atoms with van der Waals surface area (Å²) >= 11 is 6.48. The van der Waals surface area contributed by atoms with Crippen molar-refractivity contribution in [2.45, 2.75) is 0 Å². The highest BCUT2D eigenvalue weighted by Crippen LogP contribution is 2.28. The number of thiocarbonyl (C=S) groups is 1. The van der Waals surface area contributed by atoms with E-state index in [-0.39, 0.29) is 0 Å². The number of fused-ring (bicyclic) bond motifs is 1. The fourth-order valence-corrected chi connectivity index (χ4v) is 2.95. The summed E-state index contributed by atoms with van der Waals surface area (Å²) in [4.78, 5) is 18.0. The average Bonchev–Trinajstić information content (AvgIpc) is 3.13. The largest absolute Gasteiger partial charge is 0.481 e. The van der Waals surface area contributed by atoms with E-state index in [1.807, 2.05) is 41.2 Å². The van der Waals surface area contributed by atoms with Crippen LogP contribution < -0.4 is 9.47 Å². The van der Waals surface area contributed by atoms with Crippen molar-refractivity contribution in [3.05, 3.63) is 55.0 Å². The summed E-state index contributed by atoms with van der Waals surface area (Å²) in [6.45, 7) is 0. The molecular formula is C19H15N5O2S2. The van der Waals surface area contributed by atoms with Crippen molar-refractivity contribution in [1.82, 2.24) is 24.5 Å². The Morgan fingerprint density at radius 1 is 1.11 bits per heavy atom. The molecule has 9 heteroatoms. The molecule has 0 aliphatic carbocycles. The summed E-state index contributed by atoms with van der Waals surface area (Å²) in [5.74, 6) is 1.72. The number of hydrogen-bond acceptors (Lipinski definition) is 8. The minimum absolute atomic E-state index is 0.421. The Kier molecular flexibility index (Phi) is 5.18. The molecule has 4 aromatic rings. The molecule has 0 atom stereocenters. The molecule has 0 radical (unpaired) electrons. The van der Waals surface area contributed by atoms with E-state index in [4.69, 9.17) is 26.7 Å². The molecule has 0 unspecified atom stereocenters. The van der Waals surface area contributed by atoms with Gasteiger partial charge in [-0.2, -0.15) is 0 Å². The van der Waals surface area contributed by atoms with Gasteiger partial charge in [-0.15, -0.1) is 0 Å². The van der Waals surface area contributed by atoms with Crippen LogP contribution in [-0.2, 0) is 0 Å². The number of hydrogen-bond donors (Lipinski definition) is 0. The molecule has 0 aliphatic heterocycles. The molecule has 0 saturated carbocycles. The van der Waals surface area contributed by atoms with Crippen LogP contribution in [0.2, 0.25) is 0 Å². The molecule has 4 aromatic heterocycles. The number of methoxy groups -OCH3 is 1. The Morgan fingerprint density at radius 3 is 2.68 bits per heavy atom. The molecule has 140 valence electrons. The summed E-state index contributed by atoms with van der Waals surface area (Å²) in [6, 6.07) is 11.2. The second kappa shape index (κ2) is 7.91. The number of imidazole rings is 1. The van der Waals surface area contributed by atoms with E-state index >= 15 is 0 Å². The molecule has 0 bridgehead atoms. The van der Waals surface area contributed by atoms with Gasteiger partial charge < -0.3 is 9.47 Å². The zero-order valence-electron chi connectivity index (χ0n) is 15.1. The normalized spacial score (nSPS) is 10.8. The zero-order valence-corrected chi connectivity index (χ0v) is 16.7. The monoisotopic (exact) mass is 409 g/mol. The van der Waals surface area contributed by atoms with Crippen molar-refractivity contribution in [3.63, 3.8) is 0 Å². The number of aromatic nitrogens is 5. The lowest BCUT2D eigenvalue weighted by atomic mass is 10.3. The second-order valence-electron chi connectivity index (χ2n) is 5.61. The Morgan fingerprint density at radius 2 is 2.00 bits per heavy atom. The van der Waals surface area contributed by atoms with Gasteiger partial charge in [-0.1, -0.05) is 17.8 Å². The van der Waals surface area contributed by atoms with Crippen LogP contribution in [0, 0.1) is 0 Å². The highest BCUT2D eigenvalue weighted by Gasteiger charge is 2.17. The minimum atomic E-state index is 0.421. The van der Waals surface area contributed by atoms with Crippen LogP contribution in [-0.4, -0.2) is 42.3 Å². The predicted molar refractivity (Wildman–Crippen MR) is 113 cm³/mol. The number of ether oxygens (including phenoxy) is 2. The summed E-state index contributed by atoms with van der Waals surface area (Å²) in [7, 11) is 1.58. The smallest absolute Gasteiger partial charge is 0.225 e. The fraction of sp³-hybridized carbons (Fsp3) is 0.105. The highest BCUT2D eigenvalue weighted by molar-refractivity contribution is 8.22. The Bertz CT molecular complexity index is 1130. The van der Waals surface area contributed by atoms with Crippen LogP contribution in [0.25, 0.3) is 28.4 Å². The van der Waals surface area contributed by atoms with E-state index in [1.54, 1.807) is 31.8 Å². The van der Waals surface area contributed by atoms with Gasteiger partial charge in [0.25, 0.3) is 0 Å². The van der Waals surface area contributed by atoms with E-state index in [2.05, 4.69) is 15.0 Å². The van der Waals surface area contributed by atoms with Crippen LogP contribution in [0.15, 0.2) is 55.0 Å². The first-order valence-electron chi connectivity index (χ1n) is 8.25. The van der Waals surface area contributed by atoms with Crippen LogP contribution in [0.3, 0.4) is 0 Å². The fourth-order valence-electron chi connectivity index (χ4n) is 2.68. The van der Waals surface area contributed by atoms with Gasteiger partial charge in [-0.3, -0.25) is 9.55 Å². The Hall–Kier alpha value is -3.04. The van der Waals surface area contributed by atoms with Gasteiger partial charge >= 0.3 is 0 Å². The van der Waals surface area contributed by atoms with Crippen LogP contribution in [0.5, 0.6) is 11.6 Å². The van der Waals surface area contributed by atoms with Crippen molar-refractivity contribution < 1.29 is 9.47 Å². The van der Waals surface area contributed by atoms with Crippen molar-refractivity contribution >= 4 is 39.5 Å². The van der Waals surface area contributed by atoms with Crippen LogP contribution in [0.4, 0.5) is 0 Å².